The summed E-state index contributed by atoms with van der Waals surface area (Å²) < 4.78 is 0. The van der Waals surface area contributed by atoms with E-state index in [0.717, 1.165) is 12.0 Å². The molecule has 3 nitrogen and oxygen atoms in total. The Morgan fingerprint density at radius 1 is 1.24 bits per heavy atom. The first-order chi connectivity index (χ1) is 7.80. The molecule has 94 valence electrons. The molecule has 1 aromatic rings. The molecule has 0 fully saturated rings. The highest BCUT2D eigenvalue weighted by atomic mass is 16.1. The summed E-state index contributed by atoms with van der Waals surface area (Å²) in [5.74, 6) is 0.922. The Balaban J connectivity index is 2.71. The lowest BCUT2D eigenvalue weighted by Gasteiger charge is -2.17. The second kappa shape index (κ2) is 5.39. The van der Waals surface area contributed by atoms with Gasteiger partial charge in [-0.05, 0) is 23.3 Å². The summed E-state index contributed by atoms with van der Waals surface area (Å²) in [5, 5.41) is 0. The molecule has 0 saturated carbocycles. The van der Waals surface area contributed by atoms with Gasteiger partial charge in [0.2, 0.25) is 0 Å². The molecule has 0 aliphatic rings. The molecule has 0 aliphatic heterocycles. The Labute approximate surface area is 104 Å². The minimum absolute atomic E-state index is 0.0273. The first-order valence-corrected chi connectivity index (χ1v) is 6.16. The zero-order valence-corrected chi connectivity index (χ0v) is 11.4. The number of hydrogen-bond donors (Lipinski definition) is 0. The van der Waals surface area contributed by atoms with Crippen molar-refractivity contribution in [3.05, 3.63) is 23.8 Å². The van der Waals surface area contributed by atoms with Crippen molar-refractivity contribution < 1.29 is 4.79 Å². The standard InChI is InChI=1S/C14H22N2O/c1-10(2)6-7-12(17)13-15-8-11(9-16-13)14(3,4)5/h8-10H,6-7H2,1-5H3. The van der Waals surface area contributed by atoms with Crippen LogP contribution < -0.4 is 0 Å². The van der Waals surface area contributed by atoms with Gasteiger partial charge >= 0.3 is 0 Å². The third kappa shape index (κ3) is 4.25. The number of aromatic nitrogens is 2. The van der Waals surface area contributed by atoms with Crippen LogP contribution in [-0.4, -0.2) is 15.8 Å². The number of carbonyl (C=O) groups excluding carboxylic acids is 1. The molecular weight excluding hydrogens is 212 g/mol. The molecule has 3 heteroatoms. The molecule has 0 aromatic carbocycles. The Bertz CT molecular complexity index is 374. The Morgan fingerprint density at radius 3 is 2.18 bits per heavy atom. The summed E-state index contributed by atoms with van der Waals surface area (Å²) in [6.45, 7) is 10.5. The van der Waals surface area contributed by atoms with Crippen molar-refractivity contribution >= 4 is 5.78 Å². The van der Waals surface area contributed by atoms with Crippen molar-refractivity contribution in [1.82, 2.24) is 9.97 Å². The van der Waals surface area contributed by atoms with Crippen LogP contribution in [0, 0.1) is 5.92 Å². The van der Waals surface area contributed by atoms with Gasteiger partial charge < -0.3 is 0 Å². The molecule has 1 rings (SSSR count). The third-order valence-electron chi connectivity index (χ3n) is 2.72. The van der Waals surface area contributed by atoms with Gasteiger partial charge in [-0.25, -0.2) is 9.97 Å². The van der Waals surface area contributed by atoms with Crippen LogP contribution in [0.3, 0.4) is 0 Å². The minimum atomic E-state index is 0.0273. The van der Waals surface area contributed by atoms with E-state index in [-0.39, 0.29) is 11.2 Å². The monoisotopic (exact) mass is 234 g/mol. The van der Waals surface area contributed by atoms with E-state index in [1.807, 2.05) is 0 Å². The maximum absolute atomic E-state index is 11.8. The van der Waals surface area contributed by atoms with Crippen molar-refractivity contribution in [2.75, 3.05) is 0 Å². The fourth-order valence-electron chi connectivity index (χ4n) is 1.39. The fourth-order valence-corrected chi connectivity index (χ4v) is 1.39. The lowest BCUT2D eigenvalue weighted by molar-refractivity contribution is 0.0965. The van der Waals surface area contributed by atoms with Crippen molar-refractivity contribution in [3.8, 4) is 0 Å². The van der Waals surface area contributed by atoms with Crippen LogP contribution in [0.1, 0.15) is 63.6 Å². The van der Waals surface area contributed by atoms with Gasteiger partial charge in [0.1, 0.15) is 0 Å². The highest BCUT2D eigenvalue weighted by Crippen LogP contribution is 2.20. The molecule has 1 aromatic heterocycles. The topological polar surface area (TPSA) is 42.9 Å². The van der Waals surface area contributed by atoms with Gasteiger partial charge in [-0.2, -0.15) is 0 Å². The maximum atomic E-state index is 11.8. The minimum Gasteiger partial charge on any atom is -0.291 e. The number of hydrogen-bond acceptors (Lipinski definition) is 3. The van der Waals surface area contributed by atoms with Gasteiger partial charge in [0, 0.05) is 18.8 Å². The van der Waals surface area contributed by atoms with Crippen LogP contribution in [-0.2, 0) is 5.41 Å². The van der Waals surface area contributed by atoms with Crippen molar-refractivity contribution in [2.45, 2.75) is 52.9 Å². The Kier molecular flexibility index (Phi) is 4.38. The molecule has 0 atom stereocenters. The predicted molar refractivity (Wildman–Crippen MR) is 69.1 cm³/mol. The normalized spacial score (nSPS) is 11.9. The van der Waals surface area contributed by atoms with Crippen molar-refractivity contribution in [2.24, 2.45) is 5.92 Å². The summed E-state index contributed by atoms with van der Waals surface area (Å²) >= 11 is 0. The number of Topliss-reactive ketones (excluding diaryl/α,β-unsaturated/α-hetero) is 1. The molecular formula is C14H22N2O. The van der Waals surface area contributed by atoms with E-state index in [0.29, 0.717) is 18.2 Å². The average molecular weight is 234 g/mol. The van der Waals surface area contributed by atoms with Crippen molar-refractivity contribution in [3.63, 3.8) is 0 Å². The van der Waals surface area contributed by atoms with Gasteiger partial charge in [-0.1, -0.05) is 34.6 Å². The van der Waals surface area contributed by atoms with Gasteiger partial charge in [-0.3, -0.25) is 4.79 Å². The molecule has 0 saturated heterocycles. The van der Waals surface area contributed by atoms with Crippen LogP contribution in [0.15, 0.2) is 12.4 Å². The number of carbonyl (C=O) groups is 1. The first kappa shape index (κ1) is 13.8. The van der Waals surface area contributed by atoms with E-state index in [4.69, 9.17) is 0 Å². The van der Waals surface area contributed by atoms with E-state index in [1.165, 1.54) is 0 Å². The SMILES string of the molecule is CC(C)CCC(=O)c1ncc(C(C)(C)C)cn1. The lowest BCUT2D eigenvalue weighted by atomic mass is 9.89. The average Bonchev–Trinajstić information content (AvgIpc) is 2.25. The van der Waals surface area contributed by atoms with Crippen LogP contribution in [0.2, 0.25) is 0 Å². The van der Waals surface area contributed by atoms with Gasteiger partial charge in [-0.15, -0.1) is 0 Å². The van der Waals surface area contributed by atoms with Crippen molar-refractivity contribution in [1.29, 1.82) is 0 Å². The fraction of sp³-hybridized carbons (Fsp3) is 0.643. The maximum Gasteiger partial charge on any atom is 0.200 e. The highest BCUT2D eigenvalue weighted by molar-refractivity contribution is 5.92. The summed E-state index contributed by atoms with van der Waals surface area (Å²) in [4.78, 5) is 20.1. The molecule has 0 bridgehead atoms. The third-order valence-corrected chi connectivity index (χ3v) is 2.72. The number of nitrogens with zero attached hydrogens (tertiary/aromatic N) is 2. The first-order valence-electron chi connectivity index (χ1n) is 6.16. The Morgan fingerprint density at radius 2 is 1.76 bits per heavy atom. The summed E-state index contributed by atoms with van der Waals surface area (Å²) in [6.07, 6.45) is 4.95. The second-order valence-electron chi connectivity index (χ2n) is 5.90. The number of ketones is 1. The summed E-state index contributed by atoms with van der Waals surface area (Å²) in [5.41, 5.74) is 1.08. The van der Waals surface area contributed by atoms with Gasteiger partial charge in [0.15, 0.2) is 11.6 Å². The summed E-state index contributed by atoms with van der Waals surface area (Å²) in [7, 11) is 0. The van der Waals surface area contributed by atoms with Crippen LogP contribution in [0.25, 0.3) is 0 Å². The molecule has 0 N–H and O–H groups in total. The smallest absolute Gasteiger partial charge is 0.200 e. The molecule has 0 radical (unpaired) electrons. The van der Waals surface area contributed by atoms with Gasteiger partial charge in [0.25, 0.3) is 0 Å². The number of rotatable bonds is 4. The molecule has 17 heavy (non-hydrogen) atoms. The zero-order chi connectivity index (χ0) is 13.1. The predicted octanol–water partition coefficient (Wildman–Crippen LogP) is 3.39. The van der Waals surface area contributed by atoms with E-state index in [2.05, 4.69) is 44.6 Å². The van der Waals surface area contributed by atoms with E-state index in [1.54, 1.807) is 12.4 Å². The molecule has 0 aliphatic carbocycles. The van der Waals surface area contributed by atoms with Crippen LogP contribution in [0.5, 0.6) is 0 Å². The highest BCUT2D eigenvalue weighted by Gasteiger charge is 2.16. The summed E-state index contributed by atoms with van der Waals surface area (Å²) in [6, 6.07) is 0. The largest absolute Gasteiger partial charge is 0.291 e. The van der Waals surface area contributed by atoms with Crippen LogP contribution >= 0.6 is 0 Å². The van der Waals surface area contributed by atoms with Crippen LogP contribution in [0.4, 0.5) is 0 Å². The van der Waals surface area contributed by atoms with Gasteiger partial charge in [0.05, 0.1) is 0 Å². The van der Waals surface area contributed by atoms with E-state index < -0.39 is 0 Å². The van der Waals surface area contributed by atoms with E-state index in [9.17, 15) is 4.79 Å². The molecule has 1 heterocycles. The lowest BCUT2D eigenvalue weighted by Crippen LogP contribution is -2.14. The Hall–Kier alpha value is -1.25. The second-order valence-corrected chi connectivity index (χ2v) is 5.90. The quantitative estimate of drug-likeness (QED) is 0.750. The molecule has 0 amide bonds. The van der Waals surface area contributed by atoms with E-state index >= 15 is 0 Å². The molecule has 0 spiro atoms. The zero-order valence-electron chi connectivity index (χ0n) is 11.4. The molecule has 0 unspecified atom stereocenters.